The van der Waals surface area contributed by atoms with Crippen molar-refractivity contribution in [2.75, 3.05) is 12.4 Å². The summed E-state index contributed by atoms with van der Waals surface area (Å²) in [6.07, 6.45) is 0.167. The predicted octanol–water partition coefficient (Wildman–Crippen LogP) is 4.73. The average Bonchev–Trinajstić information content (AvgIpc) is 3.09. The molecule has 152 valence electrons. The number of rotatable bonds is 6. The molecular weight excluding hydrogens is 376 g/mol. The topological polar surface area (TPSA) is 58.6 Å². The Hall–Kier alpha value is -3.60. The Kier molecular flexibility index (Phi) is 5.53. The van der Waals surface area contributed by atoms with Gasteiger partial charge in [0.2, 0.25) is 5.91 Å². The Morgan fingerprint density at radius 3 is 2.57 bits per heavy atom. The van der Waals surface area contributed by atoms with E-state index in [1.54, 1.807) is 18.1 Å². The number of benzene rings is 3. The Bertz CT molecular complexity index is 1080. The third-order valence-electron chi connectivity index (χ3n) is 5.42. The van der Waals surface area contributed by atoms with E-state index in [0.29, 0.717) is 23.5 Å². The summed E-state index contributed by atoms with van der Waals surface area (Å²) in [4.78, 5) is 27.8. The number of nitrogens with one attached hydrogen (secondary N) is 1. The van der Waals surface area contributed by atoms with Gasteiger partial charge in [0.05, 0.1) is 19.6 Å². The molecule has 0 aromatic heterocycles. The van der Waals surface area contributed by atoms with Gasteiger partial charge in [-0.25, -0.2) is 0 Å². The second-order valence-electron chi connectivity index (χ2n) is 7.50. The summed E-state index contributed by atoms with van der Waals surface area (Å²) in [6.45, 7) is 2.52. The Morgan fingerprint density at radius 2 is 1.83 bits per heavy atom. The standard InChI is InChI=1S/C25H24N2O3/c1-17-10-12-18(13-11-17)23(27-16-19-6-3-4-9-22(19)25(27)29)15-24(28)26-20-7-5-8-21(14-20)30-2/h3-14,23H,15-16H2,1-2H3,(H,26,28). The number of hydrogen-bond donors (Lipinski definition) is 1. The van der Waals surface area contributed by atoms with Gasteiger partial charge in [-0.1, -0.05) is 54.1 Å². The first-order chi connectivity index (χ1) is 14.5. The second-order valence-corrected chi connectivity index (χ2v) is 7.50. The van der Waals surface area contributed by atoms with Crippen LogP contribution in [0, 0.1) is 6.92 Å². The molecule has 1 unspecified atom stereocenters. The van der Waals surface area contributed by atoms with Crippen LogP contribution in [0.4, 0.5) is 5.69 Å². The lowest BCUT2D eigenvalue weighted by Crippen LogP contribution is -2.32. The smallest absolute Gasteiger partial charge is 0.255 e. The highest BCUT2D eigenvalue weighted by molar-refractivity contribution is 5.99. The van der Waals surface area contributed by atoms with Crippen molar-refractivity contribution >= 4 is 17.5 Å². The van der Waals surface area contributed by atoms with Crippen molar-refractivity contribution < 1.29 is 14.3 Å². The quantitative estimate of drug-likeness (QED) is 0.651. The van der Waals surface area contributed by atoms with Gasteiger partial charge >= 0.3 is 0 Å². The van der Waals surface area contributed by atoms with E-state index in [2.05, 4.69) is 5.32 Å². The molecule has 4 rings (SSSR count). The molecule has 2 amide bonds. The summed E-state index contributed by atoms with van der Waals surface area (Å²) in [7, 11) is 1.59. The number of fused-ring (bicyclic) bond motifs is 1. The zero-order valence-electron chi connectivity index (χ0n) is 17.1. The number of methoxy groups -OCH3 is 1. The van der Waals surface area contributed by atoms with Gasteiger partial charge < -0.3 is 15.0 Å². The van der Waals surface area contributed by atoms with Crippen molar-refractivity contribution in [3.8, 4) is 5.75 Å². The summed E-state index contributed by atoms with van der Waals surface area (Å²) in [5.41, 5.74) is 4.45. The van der Waals surface area contributed by atoms with Gasteiger partial charge in [-0.15, -0.1) is 0 Å². The fourth-order valence-electron chi connectivity index (χ4n) is 3.81. The molecule has 1 atom stereocenters. The maximum atomic E-state index is 13.1. The molecule has 0 saturated heterocycles. The minimum absolute atomic E-state index is 0.0367. The van der Waals surface area contributed by atoms with E-state index in [4.69, 9.17) is 4.74 Å². The fraction of sp³-hybridized carbons (Fsp3) is 0.200. The van der Waals surface area contributed by atoms with Crippen molar-refractivity contribution in [3.05, 3.63) is 95.1 Å². The second kappa shape index (κ2) is 8.41. The number of anilines is 1. The largest absolute Gasteiger partial charge is 0.497 e. The molecule has 3 aromatic rings. The number of amides is 2. The number of aryl methyl sites for hydroxylation is 1. The molecule has 0 saturated carbocycles. The van der Waals surface area contributed by atoms with Crippen molar-refractivity contribution in [2.24, 2.45) is 0 Å². The van der Waals surface area contributed by atoms with Gasteiger partial charge in [0.1, 0.15) is 5.75 Å². The molecule has 5 nitrogen and oxygen atoms in total. The SMILES string of the molecule is COc1cccc(NC(=O)CC(c2ccc(C)cc2)N2Cc3ccccc3C2=O)c1. The summed E-state index contributed by atoms with van der Waals surface area (Å²) >= 11 is 0. The number of nitrogens with zero attached hydrogens (tertiary/aromatic N) is 1. The molecule has 30 heavy (non-hydrogen) atoms. The number of hydrogen-bond acceptors (Lipinski definition) is 3. The molecule has 1 aliphatic rings. The maximum absolute atomic E-state index is 13.1. The fourth-order valence-corrected chi connectivity index (χ4v) is 3.81. The normalized spacial score (nSPS) is 13.7. The average molecular weight is 400 g/mol. The predicted molar refractivity (Wildman–Crippen MR) is 116 cm³/mol. The lowest BCUT2D eigenvalue weighted by atomic mass is 10.00. The van der Waals surface area contributed by atoms with Crippen molar-refractivity contribution in [1.29, 1.82) is 0 Å². The summed E-state index contributed by atoms with van der Waals surface area (Å²) in [5.74, 6) is 0.482. The molecule has 0 bridgehead atoms. The monoisotopic (exact) mass is 400 g/mol. The third-order valence-corrected chi connectivity index (χ3v) is 5.42. The molecule has 5 heteroatoms. The zero-order valence-corrected chi connectivity index (χ0v) is 17.1. The van der Waals surface area contributed by atoms with E-state index < -0.39 is 0 Å². The third kappa shape index (κ3) is 4.06. The minimum atomic E-state index is -0.351. The van der Waals surface area contributed by atoms with E-state index in [1.807, 2.05) is 73.7 Å². The van der Waals surface area contributed by atoms with E-state index in [1.165, 1.54) is 0 Å². The van der Waals surface area contributed by atoms with Crippen LogP contribution in [-0.4, -0.2) is 23.8 Å². The van der Waals surface area contributed by atoms with Crippen LogP contribution in [0.1, 0.15) is 39.5 Å². The van der Waals surface area contributed by atoms with Gasteiger partial charge in [0.25, 0.3) is 5.91 Å². The van der Waals surface area contributed by atoms with Gasteiger partial charge in [0.15, 0.2) is 0 Å². The molecule has 1 heterocycles. The first kappa shape index (κ1) is 19.7. The lowest BCUT2D eigenvalue weighted by molar-refractivity contribution is -0.117. The molecule has 3 aromatic carbocycles. The van der Waals surface area contributed by atoms with Crippen LogP contribution < -0.4 is 10.1 Å². The van der Waals surface area contributed by atoms with E-state index in [0.717, 1.165) is 16.7 Å². The molecule has 0 radical (unpaired) electrons. The van der Waals surface area contributed by atoms with Crippen LogP contribution in [0.25, 0.3) is 0 Å². The van der Waals surface area contributed by atoms with Crippen LogP contribution in [-0.2, 0) is 11.3 Å². The van der Waals surface area contributed by atoms with Crippen LogP contribution >= 0.6 is 0 Å². The van der Waals surface area contributed by atoms with Crippen molar-refractivity contribution in [2.45, 2.75) is 25.9 Å². The lowest BCUT2D eigenvalue weighted by Gasteiger charge is -2.28. The van der Waals surface area contributed by atoms with E-state index in [9.17, 15) is 9.59 Å². The molecule has 0 aliphatic carbocycles. The summed E-state index contributed by atoms with van der Waals surface area (Å²) in [5, 5.41) is 2.93. The molecular formula is C25H24N2O3. The first-order valence-electron chi connectivity index (χ1n) is 9.94. The highest BCUT2D eigenvalue weighted by atomic mass is 16.5. The van der Waals surface area contributed by atoms with Crippen LogP contribution in [0.3, 0.4) is 0 Å². The van der Waals surface area contributed by atoms with Gasteiger partial charge in [-0.2, -0.15) is 0 Å². The van der Waals surface area contributed by atoms with Crippen LogP contribution in [0.2, 0.25) is 0 Å². The Morgan fingerprint density at radius 1 is 1.07 bits per heavy atom. The highest BCUT2D eigenvalue weighted by Gasteiger charge is 2.34. The van der Waals surface area contributed by atoms with Crippen LogP contribution in [0.5, 0.6) is 5.75 Å². The van der Waals surface area contributed by atoms with Crippen molar-refractivity contribution in [1.82, 2.24) is 4.90 Å². The summed E-state index contributed by atoms with van der Waals surface area (Å²) in [6, 6.07) is 22.5. The van der Waals surface area contributed by atoms with Gasteiger partial charge in [-0.05, 0) is 36.2 Å². The minimum Gasteiger partial charge on any atom is -0.497 e. The van der Waals surface area contributed by atoms with Gasteiger partial charge in [-0.3, -0.25) is 9.59 Å². The Balaban J connectivity index is 1.59. The molecule has 0 spiro atoms. The van der Waals surface area contributed by atoms with Gasteiger partial charge in [0, 0.05) is 23.9 Å². The zero-order chi connectivity index (χ0) is 21.1. The number of ether oxygens (including phenoxy) is 1. The number of carbonyl (C=O) groups is 2. The maximum Gasteiger partial charge on any atom is 0.255 e. The molecule has 0 fully saturated rings. The van der Waals surface area contributed by atoms with E-state index >= 15 is 0 Å². The first-order valence-corrected chi connectivity index (χ1v) is 9.94. The Labute approximate surface area is 176 Å². The van der Waals surface area contributed by atoms with Crippen molar-refractivity contribution in [3.63, 3.8) is 0 Å². The van der Waals surface area contributed by atoms with Crippen LogP contribution in [0.15, 0.2) is 72.8 Å². The van der Waals surface area contributed by atoms with E-state index in [-0.39, 0.29) is 24.3 Å². The number of carbonyl (C=O) groups excluding carboxylic acids is 2. The highest BCUT2D eigenvalue weighted by Crippen LogP contribution is 2.34. The molecule has 1 aliphatic heterocycles. The molecule has 1 N–H and O–H groups in total. The summed E-state index contributed by atoms with van der Waals surface area (Å²) < 4.78 is 5.23.